The van der Waals surface area contributed by atoms with Crippen molar-refractivity contribution in [2.75, 3.05) is 25.1 Å². The van der Waals surface area contributed by atoms with Crippen molar-refractivity contribution in [1.82, 2.24) is 24.6 Å². The van der Waals surface area contributed by atoms with Crippen molar-refractivity contribution in [2.24, 2.45) is 16.0 Å². The number of rotatable bonds is 8. The van der Waals surface area contributed by atoms with E-state index in [1.54, 1.807) is 17.1 Å². The molecule has 0 spiro atoms. The lowest BCUT2D eigenvalue weighted by molar-refractivity contribution is -0.158. The van der Waals surface area contributed by atoms with Crippen LogP contribution in [0.3, 0.4) is 0 Å². The molecule has 196 valence electrons. The predicted octanol–water partition coefficient (Wildman–Crippen LogP) is 5.35. The third kappa shape index (κ3) is 5.89. The van der Waals surface area contributed by atoms with Crippen molar-refractivity contribution in [3.05, 3.63) is 47.9 Å². The van der Waals surface area contributed by atoms with Crippen LogP contribution in [-0.2, 0) is 14.6 Å². The van der Waals surface area contributed by atoms with Gasteiger partial charge in [-0.25, -0.2) is 24.5 Å². The van der Waals surface area contributed by atoms with Crippen LogP contribution in [-0.4, -0.2) is 55.6 Å². The first-order chi connectivity index (χ1) is 17.6. The van der Waals surface area contributed by atoms with Crippen LogP contribution in [0.1, 0.15) is 58.8 Å². The first-order valence-corrected chi connectivity index (χ1v) is 13.1. The molecule has 3 aromatic heterocycles. The van der Waals surface area contributed by atoms with E-state index in [4.69, 9.17) is 24.3 Å². The normalized spacial score (nSPS) is 14.4. The summed E-state index contributed by atoms with van der Waals surface area (Å²) < 4.78 is 6.92. The number of aryl methyl sites for hydroxylation is 1. The van der Waals surface area contributed by atoms with E-state index in [9.17, 15) is 0 Å². The van der Waals surface area contributed by atoms with Crippen molar-refractivity contribution in [2.45, 2.75) is 53.9 Å². The molecule has 0 saturated carbocycles. The molecule has 0 aliphatic carbocycles. The van der Waals surface area contributed by atoms with E-state index in [-0.39, 0.29) is 5.41 Å². The highest BCUT2D eigenvalue weighted by molar-refractivity contribution is 8.11. The van der Waals surface area contributed by atoms with Crippen LogP contribution in [0.5, 0.6) is 0 Å². The van der Waals surface area contributed by atoms with Gasteiger partial charge in [0.05, 0.1) is 48.6 Å². The molecular formula is C26H34N8O2S. The average molecular weight is 523 g/mol. The minimum Gasteiger partial charge on any atom is -0.370 e. The van der Waals surface area contributed by atoms with Crippen molar-refractivity contribution in [1.29, 1.82) is 0 Å². The van der Waals surface area contributed by atoms with E-state index >= 15 is 0 Å². The summed E-state index contributed by atoms with van der Waals surface area (Å²) in [6, 6.07) is 3.95. The number of pyridine rings is 1. The van der Waals surface area contributed by atoms with E-state index in [0.717, 1.165) is 47.9 Å². The van der Waals surface area contributed by atoms with Crippen molar-refractivity contribution < 1.29 is 9.22 Å². The van der Waals surface area contributed by atoms with Crippen LogP contribution >= 0.6 is 12.0 Å². The molecule has 0 aromatic carbocycles. The third-order valence-electron chi connectivity index (χ3n) is 5.67. The Morgan fingerprint density at radius 1 is 1.11 bits per heavy atom. The van der Waals surface area contributed by atoms with Crippen LogP contribution in [0.25, 0.3) is 11.4 Å². The van der Waals surface area contributed by atoms with Gasteiger partial charge in [-0.05, 0) is 31.9 Å². The number of aliphatic imine (C=N–C) groups is 1. The summed E-state index contributed by atoms with van der Waals surface area (Å²) in [5.74, 6) is 1.69. The maximum absolute atomic E-state index is 5.16. The highest BCUT2D eigenvalue weighted by Crippen LogP contribution is 2.36. The molecular weight excluding hydrogens is 488 g/mol. The number of fused-ring (bicyclic) bond motifs is 1. The fourth-order valence-corrected chi connectivity index (χ4v) is 4.45. The molecule has 37 heavy (non-hydrogen) atoms. The molecule has 0 saturated heterocycles. The highest BCUT2D eigenvalue weighted by Gasteiger charge is 2.35. The van der Waals surface area contributed by atoms with E-state index in [1.165, 1.54) is 7.11 Å². The molecule has 0 radical (unpaired) electrons. The minimum absolute atomic E-state index is 0.268. The van der Waals surface area contributed by atoms with Gasteiger partial charge in [0.1, 0.15) is 17.1 Å². The van der Waals surface area contributed by atoms with Crippen molar-refractivity contribution in [3.63, 3.8) is 0 Å². The smallest absolute Gasteiger partial charge is 0.183 e. The molecule has 1 aliphatic heterocycles. The van der Waals surface area contributed by atoms with Crippen LogP contribution in [0, 0.1) is 12.8 Å². The summed E-state index contributed by atoms with van der Waals surface area (Å²) in [6.45, 7) is 16.7. The summed E-state index contributed by atoms with van der Waals surface area (Å²) in [7, 11) is 1.44. The lowest BCUT2D eigenvalue weighted by atomic mass is 9.90. The van der Waals surface area contributed by atoms with Gasteiger partial charge in [-0.2, -0.15) is 9.44 Å². The summed E-state index contributed by atoms with van der Waals surface area (Å²) in [6.07, 6.45) is 5.34. The Morgan fingerprint density at radius 3 is 2.46 bits per heavy atom. The van der Waals surface area contributed by atoms with Gasteiger partial charge in [-0.3, -0.25) is 9.97 Å². The Bertz CT molecular complexity index is 1290. The molecule has 4 heterocycles. The SMILES string of the molecule is CCN(CC(C)C)c1ccc(N=C2C(SOOC)=Nn3c2nc(C(C)(C)C)c3-c2cnc(C)cn2)nc1. The maximum atomic E-state index is 5.16. The molecule has 10 nitrogen and oxygen atoms in total. The molecule has 0 atom stereocenters. The zero-order chi connectivity index (χ0) is 26.7. The standard InChI is InChI=1S/C26H34N8O2S/c1-9-33(15-16(2)3)18-10-11-20(29-13-18)30-21-24-31-23(26(5,6)7)22(19-14-27-17(4)12-28-19)34(24)32-25(21)37-36-35-8/h10-14,16H,9,15H2,1-8H3. The van der Waals surface area contributed by atoms with Gasteiger partial charge in [0.25, 0.3) is 0 Å². The summed E-state index contributed by atoms with van der Waals surface area (Å²) >= 11 is 0.975. The van der Waals surface area contributed by atoms with Gasteiger partial charge in [-0.15, -0.1) is 0 Å². The summed E-state index contributed by atoms with van der Waals surface area (Å²) in [4.78, 5) is 30.6. The monoisotopic (exact) mass is 522 g/mol. The third-order valence-corrected chi connectivity index (χ3v) is 6.30. The molecule has 0 bridgehead atoms. The summed E-state index contributed by atoms with van der Waals surface area (Å²) in [5.41, 5.74) is 4.49. The molecule has 4 rings (SSSR count). The second kappa shape index (κ2) is 11.1. The van der Waals surface area contributed by atoms with Crippen molar-refractivity contribution >= 4 is 34.3 Å². The lowest BCUT2D eigenvalue weighted by Gasteiger charge is -2.24. The number of anilines is 1. The number of hydrogen-bond donors (Lipinski definition) is 0. The van der Waals surface area contributed by atoms with E-state index in [1.807, 2.05) is 25.3 Å². The highest BCUT2D eigenvalue weighted by atomic mass is 32.2. The number of imidazole rings is 1. The van der Waals surface area contributed by atoms with E-state index in [0.29, 0.717) is 34.0 Å². The fraction of sp³-hybridized carbons (Fsp3) is 0.462. The second-order valence-electron chi connectivity index (χ2n) is 10.2. The molecule has 0 amide bonds. The van der Waals surface area contributed by atoms with Gasteiger partial charge in [0, 0.05) is 24.7 Å². The van der Waals surface area contributed by atoms with Gasteiger partial charge in [0.2, 0.25) is 0 Å². The van der Waals surface area contributed by atoms with Crippen LogP contribution < -0.4 is 4.90 Å². The Balaban J connectivity index is 1.80. The van der Waals surface area contributed by atoms with E-state index < -0.39 is 0 Å². The Hall–Kier alpha value is -3.15. The molecule has 0 N–H and O–H groups in total. The zero-order valence-electron chi connectivity index (χ0n) is 22.7. The number of nitrogens with zero attached hydrogens (tertiary/aromatic N) is 8. The van der Waals surface area contributed by atoms with Gasteiger partial charge >= 0.3 is 0 Å². The fourth-order valence-electron chi connectivity index (χ4n) is 3.99. The van der Waals surface area contributed by atoms with Gasteiger partial charge in [-0.1, -0.05) is 34.6 Å². The first-order valence-electron chi connectivity index (χ1n) is 12.3. The predicted molar refractivity (Wildman–Crippen MR) is 148 cm³/mol. The molecule has 11 heteroatoms. The zero-order valence-corrected chi connectivity index (χ0v) is 23.5. The molecule has 1 aliphatic rings. The van der Waals surface area contributed by atoms with Gasteiger partial charge < -0.3 is 4.90 Å². The first kappa shape index (κ1) is 26.9. The van der Waals surface area contributed by atoms with Crippen LogP contribution in [0.2, 0.25) is 0 Å². The Kier molecular flexibility index (Phi) is 8.05. The number of aromatic nitrogens is 5. The van der Waals surface area contributed by atoms with E-state index in [2.05, 4.69) is 61.4 Å². The quantitative estimate of drug-likeness (QED) is 0.222. The molecule has 3 aromatic rings. The van der Waals surface area contributed by atoms with Gasteiger partial charge in [0.15, 0.2) is 16.7 Å². The average Bonchev–Trinajstić information content (AvgIpc) is 3.39. The Morgan fingerprint density at radius 2 is 1.89 bits per heavy atom. The topological polar surface area (TPSA) is 103 Å². The lowest BCUT2D eigenvalue weighted by Crippen LogP contribution is -2.27. The molecule has 0 fully saturated rings. The Labute approximate surface area is 222 Å². The van der Waals surface area contributed by atoms with Crippen LogP contribution in [0.4, 0.5) is 11.5 Å². The molecule has 0 unspecified atom stereocenters. The van der Waals surface area contributed by atoms with Crippen LogP contribution in [0.15, 0.2) is 40.8 Å². The second-order valence-corrected chi connectivity index (χ2v) is 10.9. The largest absolute Gasteiger partial charge is 0.370 e. The number of hydrogen-bond acceptors (Lipinski definition) is 10. The van der Waals surface area contributed by atoms with Crippen molar-refractivity contribution in [3.8, 4) is 11.4 Å². The minimum atomic E-state index is -0.268. The maximum Gasteiger partial charge on any atom is 0.183 e. The summed E-state index contributed by atoms with van der Waals surface area (Å²) in [5, 5.41) is 5.29.